The fraction of sp³-hybridized carbons (Fsp3) is 0.250. The number of ether oxygens (including phenoxy) is 1. The van der Waals surface area contributed by atoms with E-state index in [1.165, 1.54) is 12.1 Å². The average Bonchev–Trinajstić information content (AvgIpc) is 2.84. The second-order valence-electron chi connectivity index (χ2n) is 7.68. The van der Waals surface area contributed by atoms with E-state index in [1.807, 2.05) is 30.3 Å². The van der Waals surface area contributed by atoms with E-state index in [0.717, 1.165) is 29.9 Å². The van der Waals surface area contributed by atoms with Crippen LogP contribution < -0.4 is 15.5 Å². The van der Waals surface area contributed by atoms with Crippen molar-refractivity contribution in [1.29, 1.82) is 0 Å². The third kappa shape index (κ3) is 6.09. The summed E-state index contributed by atoms with van der Waals surface area (Å²) in [5, 5.41) is 5.45. The maximum atomic E-state index is 13.1. The molecule has 2 heterocycles. The molecule has 3 aromatic rings. The van der Waals surface area contributed by atoms with Gasteiger partial charge < -0.3 is 20.3 Å². The van der Waals surface area contributed by atoms with Crippen molar-refractivity contribution in [2.75, 3.05) is 36.5 Å². The Kier molecular flexibility index (Phi) is 7.21. The van der Waals surface area contributed by atoms with Crippen LogP contribution >= 0.6 is 0 Å². The highest BCUT2D eigenvalue weighted by molar-refractivity contribution is 7.90. The molecule has 2 amide bonds. The maximum absolute atomic E-state index is 13.1. The predicted molar refractivity (Wildman–Crippen MR) is 127 cm³/mol. The number of aromatic nitrogens is 1. The number of nitrogens with zero attached hydrogens (tertiary/aromatic N) is 2. The van der Waals surface area contributed by atoms with Gasteiger partial charge in [0.1, 0.15) is 0 Å². The van der Waals surface area contributed by atoms with E-state index < -0.39 is 9.84 Å². The Balaban J connectivity index is 1.39. The molecule has 9 heteroatoms. The number of carbonyl (C=O) groups excluding carboxylic acids is 1. The lowest BCUT2D eigenvalue weighted by Gasteiger charge is -2.30. The Labute approximate surface area is 193 Å². The van der Waals surface area contributed by atoms with Crippen LogP contribution in [0.2, 0.25) is 0 Å². The molecule has 0 spiro atoms. The quantitative estimate of drug-likeness (QED) is 0.555. The van der Waals surface area contributed by atoms with Crippen molar-refractivity contribution in [2.45, 2.75) is 17.2 Å². The van der Waals surface area contributed by atoms with Crippen LogP contribution in [-0.4, -0.2) is 45.7 Å². The number of amides is 2. The van der Waals surface area contributed by atoms with E-state index in [9.17, 15) is 13.2 Å². The van der Waals surface area contributed by atoms with Gasteiger partial charge in [-0.25, -0.2) is 13.2 Å². The molecule has 4 rings (SSSR count). The van der Waals surface area contributed by atoms with Gasteiger partial charge in [0.05, 0.1) is 23.9 Å². The van der Waals surface area contributed by atoms with Gasteiger partial charge in [0.2, 0.25) is 0 Å². The van der Waals surface area contributed by atoms with Crippen molar-refractivity contribution in [2.24, 2.45) is 0 Å². The summed E-state index contributed by atoms with van der Waals surface area (Å²) < 4.78 is 31.6. The molecular weight excluding hydrogens is 440 g/mol. The van der Waals surface area contributed by atoms with Crippen molar-refractivity contribution >= 4 is 27.2 Å². The number of benzene rings is 2. The van der Waals surface area contributed by atoms with Crippen LogP contribution in [0.3, 0.4) is 0 Å². The largest absolute Gasteiger partial charge is 0.378 e. The molecule has 1 aromatic heterocycles. The third-order valence-electron chi connectivity index (χ3n) is 5.34. The zero-order valence-corrected chi connectivity index (χ0v) is 18.9. The molecular formula is C24H26N4O4S. The molecule has 0 radical (unpaired) electrons. The molecule has 33 heavy (non-hydrogen) atoms. The summed E-state index contributed by atoms with van der Waals surface area (Å²) >= 11 is 0. The molecule has 0 atom stereocenters. The Morgan fingerprint density at radius 1 is 1.00 bits per heavy atom. The fourth-order valence-electron chi connectivity index (χ4n) is 3.64. The Morgan fingerprint density at radius 3 is 2.48 bits per heavy atom. The summed E-state index contributed by atoms with van der Waals surface area (Å²) in [7, 11) is -3.56. The van der Waals surface area contributed by atoms with Crippen LogP contribution in [0.15, 0.2) is 78.0 Å². The van der Waals surface area contributed by atoms with Crippen LogP contribution in [0.25, 0.3) is 0 Å². The van der Waals surface area contributed by atoms with Crippen molar-refractivity contribution < 1.29 is 17.9 Å². The molecule has 2 N–H and O–H groups in total. The summed E-state index contributed by atoms with van der Waals surface area (Å²) in [6, 6.07) is 17.1. The number of anilines is 2. The SMILES string of the molecule is O=C(NCc1cccnc1)Nc1ccc(S(=O)(=O)Cc2ccccc2N2CCOCC2)cc1. The van der Waals surface area contributed by atoms with Crippen LogP contribution in [0.1, 0.15) is 11.1 Å². The minimum absolute atomic E-state index is 0.0983. The van der Waals surface area contributed by atoms with Gasteiger partial charge in [0, 0.05) is 43.4 Å². The van der Waals surface area contributed by atoms with Crippen LogP contribution in [0, 0.1) is 0 Å². The van der Waals surface area contributed by atoms with E-state index in [2.05, 4.69) is 20.5 Å². The number of hydrogen-bond donors (Lipinski definition) is 2. The van der Waals surface area contributed by atoms with Gasteiger partial charge in [-0.05, 0) is 47.5 Å². The smallest absolute Gasteiger partial charge is 0.319 e. The highest BCUT2D eigenvalue weighted by Gasteiger charge is 2.20. The van der Waals surface area contributed by atoms with E-state index in [4.69, 9.17) is 4.74 Å². The van der Waals surface area contributed by atoms with E-state index in [-0.39, 0.29) is 16.7 Å². The van der Waals surface area contributed by atoms with Gasteiger partial charge in [-0.3, -0.25) is 4.98 Å². The first-order chi connectivity index (χ1) is 16.0. The van der Waals surface area contributed by atoms with Gasteiger partial charge in [-0.15, -0.1) is 0 Å². The van der Waals surface area contributed by atoms with Crippen LogP contribution in [-0.2, 0) is 26.9 Å². The van der Waals surface area contributed by atoms with Crippen molar-refractivity contribution in [3.8, 4) is 0 Å². The number of sulfone groups is 1. The number of nitrogens with one attached hydrogen (secondary N) is 2. The van der Waals surface area contributed by atoms with Gasteiger partial charge in [0.25, 0.3) is 0 Å². The lowest BCUT2D eigenvalue weighted by Crippen LogP contribution is -2.36. The molecule has 0 aliphatic carbocycles. The highest BCUT2D eigenvalue weighted by Crippen LogP contribution is 2.26. The number of carbonyl (C=O) groups is 1. The van der Waals surface area contributed by atoms with Gasteiger partial charge in [-0.2, -0.15) is 0 Å². The molecule has 1 fully saturated rings. The Morgan fingerprint density at radius 2 is 1.76 bits per heavy atom. The molecule has 1 saturated heterocycles. The minimum atomic E-state index is -3.56. The lowest BCUT2D eigenvalue weighted by atomic mass is 10.1. The number of hydrogen-bond acceptors (Lipinski definition) is 6. The molecule has 2 aromatic carbocycles. The summed E-state index contributed by atoms with van der Waals surface area (Å²) in [5.74, 6) is -0.0983. The second-order valence-corrected chi connectivity index (χ2v) is 9.67. The first-order valence-electron chi connectivity index (χ1n) is 10.7. The second kappa shape index (κ2) is 10.5. The molecule has 0 saturated carbocycles. The number of para-hydroxylation sites is 1. The average molecular weight is 467 g/mol. The lowest BCUT2D eigenvalue weighted by molar-refractivity contribution is 0.122. The number of rotatable bonds is 7. The molecule has 0 unspecified atom stereocenters. The Hall–Kier alpha value is -3.43. The first-order valence-corrected chi connectivity index (χ1v) is 12.3. The molecule has 8 nitrogen and oxygen atoms in total. The van der Waals surface area contributed by atoms with Crippen molar-refractivity contribution in [1.82, 2.24) is 10.3 Å². The van der Waals surface area contributed by atoms with E-state index in [1.54, 1.807) is 30.6 Å². The Bertz CT molecular complexity index is 1180. The monoisotopic (exact) mass is 466 g/mol. The fourth-order valence-corrected chi connectivity index (χ4v) is 5.01. The van der Waals surface area contributed by atoms with Gasteiger partial charge >= 0.3 is 6.03 Å². The number of morpholine rings is 1. The molecule has 0 bridgehead atoms. The summed E-state index contributed by atoms with van der Waals surface area (Å²) in [5.41, 5.74) is 3.07. The van der Waals surface area contributed by atoms with E-state index >= 15 is 0 Å². The van der Waals surface area contributed by atoms with Gasteiger partial charge in [-0.1, -0.05) is 24.3 Å². The zero-order valence-electron chi connectivity index (χ0n) is 18.1. The van der Waals surface area contributed by atoms with E-state index in [0.29, 0.717) is 25.4 Å². The number of urea groups is 1. The summed E-state index contributed by atoms with van der Waals surface area (Å²) in [6.45, 7) is 3.08. The van der Waals surface area contributed by atoms with Crippen LogP contribution in [0.5, 0.6) is 0 Å². The normalized spacial score (nSPS) is 14.0. The number of pyridine rings is 1. The van der Waals surface area contributed by atoms with Crippen molar-refractivity contribution in [3.05, 3.63) is 84.2 Å². The molecule has 1 aliphatic rings. The first kappa shape index (κ1) is 22.8. The maximum Gasteiger partial charge on any atom is 0.319 e. The molecule has 172 valence electrons. The van der Waals surface area contributed by atoms with Crippen LogP contribution in [0.4, 0.5) is 16.2 Å². The minimum Gasteiger partial charge on any atom is -0.378 e. The topological polar surface area (TPSA) is 101 Å². The summed E-state index contributed by atoms with van der Waals surface area (Å²) in [4.78, 5) is 18.5. The standard InChI is InChI=1S/C24H26N4O4S/c29-24(26-17-19-4-3-11-25-16-19)27-21-7-9-22(10-8-21)33(30,31)18-20-5-1-2-6-23(20)28-12-14-32-15-13-28/h1-11,16H,12-15,17-18H2,(H2,26,27,29). The molecule has 1 aliphatic heterocycles. The van der Waals surface area contributed by atoms with Crippen molar-refractivity contribution in [3.63, 3.8) is 0 Å². The zero-order chi connectivity index (χ0) is 23.1. The summed E-state index contributed by atoms with van der Waals surface area (Å²) in [6.07, 6.45) is 3.34. The predicted octanol–water partition coefficient (Wildman–Crippen LogP) is 3.21. The third-order valence-corrected chi connectivity index (χ3v) is 7.02. The highest BCUT2D eigenvalue weighted by atomic mass is 32.2. The van der Waals surface area contributed by atoms with Gasteiger partial charge in [0.15, 0.2) is 9.84 Å².